The predicted octanol–water partition coefficient (Wildman–Crippen LogP) is 3.55. The van der Waals surface area contributed by atoms with Crippen molar-refractivity contribution in [3.63, 3.8) is 0 Å². The molecular weight excluding hydrogens is 266 g/mol. The largest absolute Gasteiger partial charge is 0.493 e. The van der Waals surface area contributed by atoms with Crippen LogP contribution in [-0.4, -0.2) is 23.2 Å². The Hall–Kier alpha value is -2.30. The highest BCUT2D eigenvalue weighted by Crippen LogP contribution is 2.34. The smallest absolute Gasteiger partial charge is 0.163 e. The van der Waals surface area contributed by atoms with Crippen LogP contribution in [0, 0.1) is 0 Å². The lowest BCUT2D eigenvalue weighted by molar-refractivity contribution is 0.201. The summed E-state index contributed by atoms with van der Waals surface area (Å²) in [4.78, 5) is 8.24. The number of hydrogen-bond donors (Lipinski definition) is 1. The summed E-state index contributed by atoms with van der Waals surface area (Å²) >= 11 is 0. The monoisotopic (exact) mass is 285 g/mol. The van der Waals surface area contributed by atoms with E-state index in [2.05, 4.69) is 15.3 Å². The molecule has 0 spiro atoms. The Balaban J connectivity index is 1.78. The summed E-state index contributed by atoms with van der Waals surface area (Å²) in [6.45, 7) is 0. The second-order valence-corrected chi connectivity index (χ2v) is 5.11. The molecule has 2 aromatic rings. The molecule has 1 aromatic heterocycles. The van der Waals surface area contributed by atoms with Gasteiger partial charge in [-0.15, -0.1) is 0 Å². The number of anilines is 2. The van der Waals surface area contributed by atoms with E-state index >= 15 is 0 Å². The molecule has 0 saturated heterocycles. The van der Waals surface area contributed by atoms with Gasteiger partial charge in [0.2, 0.25) is 0 Å². The van der Waals surface area contributed by atoms with Crippen molar-refractivity contribution in [2.24, 2.45) is 0 Å². The second kappa shape index (κ2) is 6.43. The molecule has 3 rings (SSSR count). The molecule has 1 aliphatic carbocycles. The van der Waals surface area contributed by atoms with Gasteiger partial charge in [0.1, 0.15) is 5.82 Å². The summed E-state index contributed by atoms with van der Waals surface area (Å²) in [5.41, 5.74) is 0.907. The average molecular weight is 285 g/mol. The molecule has 0 bridgehead atoms. The van der Waals surface area contributed by atoms with Gasteiger partial charge in [0, 0.05) is 24.1 Å². The average Bonchev–Trinajstić information content (AvgIpc) is 3.02. The molecule has 1 aliphatic rings. The van der Waals surface area contributed by atoms with Crippen LogP contribution in [0.4, 0.5) is 11.5 Å². The van der Waals surface area contributed by atoms with Gasteiger partial charge in [-0.1, -0.05) is 0 Å². The molecule has 0 aliphatic heterocycles. The molecule has 5 heteroatoms. The maximum absolute atomic E-state index is 6.07. The van der Waals surface area contributed by atoms with Gasteiger partial charge in [-0.2, -0.15) is 0 Å². The number of benzene rings is 1. The molecular formula is C16H19N3O2. The lowest BCUT2D eigenvalue weighted by Crippen LogP contribution is -2.11. The molecule has 1 saturated carbocycles. The van der Waals surface area contributed by atoms with Gasteiger partial charge in [-0.25, -0.2) is 4.98 Å². The van der Waals surface area contributed by atoms with Gasteiger partial charge in [-0.3, -0.25) is 4.98 Å². The second-order valence-electron chi connectivity index (χ2n) is 5.11. The van der Waals surface area contributed by atoms with E-state index in [0.717, 1.165) is 30.0 Å². The molecule has 110 valence electrons. The number of rotatable bonds is 5. The highest BCUT2D eigenvalue weighted by molar-refractivity contribution is 5.60. The number of nitrogens with zero attached hydrogens (tertiary/aromatic N) is 2. The van der Waals surface area contributed by atoms with Crippen LogP contribution in [0.15, 0.2) is 36.8 Å². The van der Waals surface area contributed by atoms with E-state index < -0.39 is 0 Å². The summed E-state index contributed by atoms with van der Waals surface area (Å²) in [5.74, 6) is 2.24. The third kappa shape index (κ3) is 3.42. The standard InChI is InChI=1S/C16H19N3O2/c1-20-14-7-6-12(19-16-11-17-8-9-18-16)10-15(14)21-13-4-2-3-5-13/h6-11,13H,2-5H2,1H3,(H,18,19). The summed E-state index contributed by atoms with van der Waals surface area (Å²) in [7, 11) is 1.66. The Morgan fingerprint density at radius 1 is 1.14 bits per heavy atom. The summed E-state index contributed by atoms with van der Waals surface area (Å²) in [5, 5.41) is 3.21. The maximum Gasteiger partial charge on any atom is 0.163 e. The van der Waals surface area contributed by atoms with E-state index in [0.29, 0.717) is 11.9 Å². The van der Waals surface area contributed by atoms with Crippen molar-refractivity contribution in [1.29, 1.82) is 0 Å². The first-order valence-electron chi connectivity index (χ1n) is 7.23. The highest BCUT2D eigenvalue weighted by Gasteiger charge is 2.18. The number of methoxy groups -OCH3 is 1. The van der Waals surface area contributed by atoms with Crippen molar-refractivity contribution < 1.29 is 9.47 Å². The lowest BCUT2D eigenvalue weighted by Gasteiger charge is -2.17. The highest BCUT2D eigenvalue weighted by atomic mass is 16.5. The molecule has 21 heavy (non-hydrogen) atoms. The van der Waals surface area contributed by atoms with Crippen LogP contribution in [0.25, 0.3) is 0 Å². The van der Waals surface area contributed by atoms with Crippen molar-refractivity contribution in [2.75, 3.05) is 12.4 Å². The zero-order valence-corrected chi connectivity index (χ0v) is 12.1. The minimum absolute atomic E-state index is 0.297. The molecule has 1 heterocycles. The van der Waals surface area contributed by atoms with E-state index in [1.165, 1.54) is 12.8 Å². The van der Waals surface area contributed by atoms with Gasteiger partial charge in [0.25, 0.3) is 0 Å². The van der Waals surface area contributed by atoms with Gasteiger partial charge in [-0.05, 0) is 37.8 Å². The van der Waals surface area contributed by atoms with Crippen LogP contribution >= 0.6 is 0 Å². The predicted molar refractivity (Wildman–Crippen MR) is 81.2 cm³/mol. The van der Waals surface area contributed by atoms with Gasteiger partial charge in [0.15, 0.2) is 11.5 Å². The van der Waals surface area contributed by atoms with Crippen LogP contribution in [0.2, 0.25) is 0 Å². The fraction of sp³-hybridized carbons (Fsp3) is 0.375. The topological polar surface area (TPSA) is 56.3 Å². The van der Waals surface area contributed by atoms with Crippen LogP contribution in [0.1, 0.15) is 25.7 Å². The molecule has 1 fully saturated rings. The fourth-order valence-corrected chi connectivity index (χ4v) is 2.54. The van der Waals surface area contributed by atoms with E-state index in [4.69, 9.17) is 9.47 Å². The molecule has 0 unspecified atom stereocenters. The molecule has 1 N–H and O–H groups in total. The number of nitrogens with one attached hydrogen (secondary N) is 1. The van der Waals surface area contributed by atoms with Crippen LogP contribution in [0.5, 0.6) is 11.5 Å². The molecule has 5 nitrogen and oxygen atoms in total. The number of hydrogen-bond acceptors (Lipinski definition) is 5. The lowest BCUT2D eigenvalue weighted by atomic mass is 10.2. The van der Waals surface area contributed by atoms with Crippen molar-refractivity contribution in [2.45, 2.75) is 31.8 Å². The van der Waals surface area contributed by atoms with E-state index in [1.54, 1.807) is 25.7 Å². The van der Waals surface area contributed by atoms with Crippen molar-refractivity contribution >= 4 is 11.5 Å². The number of ether oxygens (including phenoxy) is 2. The zero-order chi connectivity index (χ0) is 14.5. The molecule has 0 atom stereocenters. The maximum atomic E-state index is 6.07. The summed E-state index contributed by atoms with van der Waals surface area (Å²) < 4.78 is 11.5. The van der Waals surface area contributed by atoms with Gasteiger partial charge < -0.3 is 14.8 Å². The SMILES string of the molecule is COc1ccc(Nc2cnccn2)cc1OC1CCCC1. The Morgan fingerprint density at radius 3 is 2.71 bits per heavy atom. The van der Waals surface area contributed by atoms with Crippen molar-refractivity contribution in [3.8, 4) is 11.5 Å². The van der Waals surface area contributed by atoms with Crippen molar-refractivity contribution in [3.05, 3.63) is 36.8 Å². The third-order valence-corrected chi connectivity index (χ3v) is 3.60. The van der Waals surface area contributed by atoms with Gasteiger partial charge >= 0.3 is 0 Å². The van der Waals surface area contributed by atoms with Crippen molar-refractivity contribution in [1.82, 2.24) is 9.97 Å². The minimum atomic E-state index is 0.297. The Bertz CT molecular complexity index is 583. The zero-order valence-electron chi connectivity index (χ0n) is 12.1. The Morgan fingerprint density at radius 2 is 2.00 bits per heavy atom. The third-order valence-electron chi connectivity index (χ3n) is 3.60. The molecule has 0 amide bonds. The molecule has 1 aromatic carbocycles. The summed E-state index contributed by atoms with van der Waals surface area (Å²) in [6, 6.07) is 5.80. The fourth-order valence-electron chi connectivity index (χ4n) is 2.54. The van der Waals surface area contributed by atoms with E-state index in [9.17, 15) is 0 Å². The van der Waals surface area contributed by atoms with Gasteiger partial charge in [0.05, 0.1) is 19.4 Å². The first-order valence-corrected chi connectivity index (χ1v) is 7.23. The quantitative estimate of drug-likeness (QED) is 0.910. The van der Waals surface area contributed by atoms with Crippen LogP contribution in [-0.2, 0) is 0 Å². The van der Waals surface area contributed by atoms with Crippen LogP contribution in [0.3, 0.4) is 0 Å². The summed E-state index contributed by atoms with van der Waals surface area (Å²) in [6.07, 6.45) is 9.99. The van der Waals surface area contributed by atoms with E-state index in [-0.39, 0.29) is 0 Å². The normalized spacial score (nSPS) is 14.9. The minimum Gasteiger partial charge on any atom is -0.493 e. The van der Waals surface area contributed by atoms with E-state index in [1.807, 2.05) is 18.2 Å². The van der Waals surface area contributed by atoms with Crippen LogP contribution < -0.4 is 14.8 Å². The Kier molecular flexibility index (Phi) is 4.19. The Labute approximate surface area is 124 Å². The first-order chi connectivity index (χ1) is 10.3. The first kappa shape index (κ1) is 13.7. The number of aromatic nitrogens is 2. The molecule has 0 radical (unpaired) electrons.